The second kappa shape index (κ2) is 8.70. The normalized spacial score (nSPS) is 18.4. The number of rotatable bonds is 7. The highest BCUT2D eigenvalue weighted by Crippen LogP contribution is 2.16. The second-order valence-corrected chi connectivity index (χ2v) is 5.58. The first-order valence-electron chi connectivity index (χ1n) is 7.85. The topological polar surface area (TPSA) is 64.6 Å². The van der Waals surface area contributed by atoms with Crippen LogP contribution in [0.4, 0.5) is 14.9 Å². The Bertz CT molecular complexity index is 484. The van der Waals surface area contributed by atoms with Gasteiger partial charge in [-0.1, -0.05) is 12.1 Å². The highest BCUT2D eigenvalue weighted by atomic mass is 19.1. The zero-order valence-corrected chi connectivity index (χ0v) is 12.7. The van der Waals surface area contributed by atoms with E-state index in [0.717, 1.165) is 38.8 Å². The first kappa shape index (κ1) is 16.7. The highest BCUT2D eigenvalue weighted by Gasteiger charge is 2.22. The fourth-order valence-electron chi connectivity index (χ4n) is 2.77. The maximum absolute atomic E-state index is 13.4. The molecule has 6 heteroatoms. The lowest BCUT2D eigenvalue weighted by Crippen LogP contribution is -2.34. The summed E-state index contributed by atoms with van der Waals surface area (Å²) in [7, 11) is 0. The first-order chi connectivity index (χ1) is 10.7. The summed E-state index contributed by atoms with van der Waals surface area (Å²) in [5.74, 6) is -0.443. The summed E-state index contributed by atoms with van der Waals surface area (Å²) in [5, 5.41) is 14.5. The van der Waals surface area contributed by atoms with Gasteiger partial charge in [-0.15, -0.1) is 0 Å². The average Bonchev–Trinajstić information content (AvgIpc) is 2.97. The van der Waals surface area contributed by atoms with E-state index < -0.39 is 5.82 Å². The van der Waals surface area contributed by atoms with E-state index >= 15 is 0 Å². The minimum Gasteiger partial charge on any atom is -0.395 e. The molecule has 0 aliphatic carbocycles. The zero-order chi connectivity index (χ0) is 15.8. The van der Waals surface area contributed by atoms with E-state index in [4.69, 9.17) is 0 Å². The van der Waals surface area contributed by atoms with Crippen molar-refractivity contribution in [3.05, 3.63) is 30.1 Å². The molecular formula is C16H24FN3O2. The molecular weight excluding hydrogens is 285 g/mol. The molecule has 22 heavy (non-hydrogen) atoms. The summed E-state index contributed by atoms with van der Waals surface area (Å²) in [6, 6.07) is 6.00. The SMILES string of the molecule is O=C(NCCCCN1CCCC1CO)Nc1ccccc1F. The molecule has 1 aliphatic heterocycles. The van der Waals surface area contributed by atoms with Gasteiger partial charge in [-0.3, -0.25) is 4.90 Å². The molecule has 1 unspecified atom stereocenters. The Morgan fingerprint density at radius 1 is 1.36 bits per heavy atom. The van der Waals surface area contributed by atoms with E-state index in [9.17, 15) is 14.3 Å². The van der Waals surface area contributed by atoms with Crippen molar-refractivity contribution in [3.8, 4) is 0 Å². The van der Waals surface area contributed by atoms with E-state index in [2.05, 4.69) is 15.5 Å². The van der Waals surface area contributed by atoms with Crippen molar-refractivity contribution in [2.24, 2.45) is 0 Å². The third-order valence-corrected chi connectivity index (χ3v) is 3.99. The van der Waals surface area contributed by atoms with Gasteiger partial charge in [0.2, 0.25) is 0 Å². The van der Waals surface area contributed by atoms with Crippen LogP contribution in [0.1, 0.15) is 25.7 Å². The third kappa shape index (κ3) is 4.96. The fourth-order valence-corrected chi connectivity index (χ4v) is 2.77. The van der Waals surface area contributed by atoms with Gasteiger partial charge in [0, 0.05) is 12.6 Å². The summed E-state index contributed by atoms with van der Waals surface area (Å²) >= 11 is 0. The largest absolute Gasteiger partial charge is 0.395 e. The number of urea groups is 1. The van der Waals surface area contributed by atoms with Crippen LogP contribution in [0.3, 0.4) is 0 Å². The Hall–Kier alpha value is -1.66. The molecule has 0 radical (unpaired) electrons. The lowest BCUT2D eigenvalue weighted by Gasteiger charge is -2.22. The number of nitrogens with one attached hydrogen (secondary N) is 2. The smallest absolute Gasteiger partial charge is 0.319 e. The van der Waals surface area contributed by atoms with Crippen LogP contribution in [0.5, 0.6) is 0 Å². The van der Waals surface area contributed by atoms with Crippen molar-refractivity contribution in [2.45, 2.75) is 31.7 Å². The van der Waals surface area contributed by atoms with E-state index in [1.54, 1.807) is 12.1 Å². The average molecular weight is 309 g/mol. The zero-order valence-electron chi connectivity index (χ0n) is 12.7. The number of carbonyl (C=O) groups excluding carboxylic acids is 1. The first-order valence-corrected chi connectivity index (χ1v) is 7.85. The van der Waals surface area contributed by atoms with E-state index in [0.29, 0.717) is 12.6 Å². The van der Waals surface area contributed by atoms with Crippen LogP contribution in [0.15, 0.2) is 24.3 Å². The minimum absolute atomic E-state index is 0.183. The summed E-state index contributed by atoms with van der Waals surface area (Å²) in [6.45, 7) is 2.77. The third-order valence-electron chi connectivity index (χ3n) is 3.99. The van der Waals surface area contributed by atoms with Crippen LogP contribution < -0.4 is 10.6 Å². The molecule has 1 heterocycles. The van der Waals surface area contributed by atoms with Crippen LogP contribution >= 0.6 is 0 Å². The molecule has 1 fully saturated rings. The van der Waals surface area contributed by atoms with E-state index in [1.165, 1.54) is 12.1 Å². The van der Waals surface area contributed by atoms with Gasteiger partial charge in [0.05, 0.1) is 12.3 Å². The molecule has 2 amide bonds. The number of amides is 2. The second-order valence-electron chi connectivity index (χ2n) is 5.58. The predicted octanol–water partition coefficient (Wildman–Crippen LogP) is 2.18. The molecule has 1 atom stereocenters. The number of halogens is 1. The molecule has 1 aliphatic rings. The number of hydrogen-bond acceptors (Lipinski definition) is 3. The molecule has 0 aromatic heterocycles. The van der Waals surface area contributed by atoms with Crippen LogP contribution in [0, 0.1) is 5.82 Å². The minimum atomic E-state index is -0.443. The Morgan fingerprint density at radius 2 is 2.18 bits per heavy atom. The Balaban J connectivity index is 1.58. The number of likely N-dealkylation sites (tertiary alicyclic amines) is 1. The lowest BCUT2D eigenvalue weighted by molar-refractivity contribution is 0.157. The lowest BCUT2D eigenvalue weighted by atomic mass is 10.2. The molecule has 1 aromatic rings. The van der Waals surface area contributed by atoms with E-state index in [-0.39, 0.29) is 18.3 Å². The van der Waals surface area contributed by atoms with E-state index in [1.807, 2.05) is 0 Å². The van der Waals surface area contributed by atoms with Crippen molar-refractivity contribution in [2.75, 3.05) is 31.6 Å². The summed E-state index contributed by atoms with van der Waals surface area (Å²) in [5.41, 5.74) is 0.183. The van der Waals surface area contributed by atoms with Crippen LogP contribution in [-0.2, 0) is 0 Å². The van der Waals surface area contributed by atoms with Crippen LogP contribution in [0.25, 0.3) is 0 Å². The predicted molar refractivity (Wildman–Crippen MR) is 84.3 cm³/mol. The maximum Gasteiger partial charge on any atom is 0.319 e. The quantitative estimate of drug-likeness (QED) is 0.677. The molecule has 0 saturated carbocycles. The molecule has 1 aromatic carbocycles. The number of carbonyl (C=O) groups is 1. The number of unbranched alkanes of at least 4 members (excludes halogenated alkanes) is 1. The molecule has 2 rings (SSSR count). The maximum atomic E-state index is 13.4. The fraction of sp³-hybridized carbons (Fsp3) is 0.562. The summed E-state index contributed by atoms with van der Waals surface area (Å²) < 4.78 is 13.4. The summed E-state index contributed by atoms with van der Waals surface area (Å²) in [6.07, 6.45) is 4.05. The number of aliphatic hydroxyl groups is 1. The highest BCUT2D eigenvalue weighted by molar-refractivity contribution is 5.89. The monoisotopic (exact) mass is 309 g/mol. The van der Waals surface area contributed by atoms with Gasteiger partial charge in [0.15, 0.2) is 0 Å². The number of aliphatic hydroxyl groups excluding tert-OH is 1. The van der Waals surface area contributed by atoms with Crippen molar-refractivity contribution in [1.82, 2.24) is 10.2 Å². The van der Waals surface area contributed by atoms with Gasteiger partial charge in [0.25, 0.3) is 0 Å². The number of nitrogens with zero attached hydrogens (tertiary/aromatic N) is 1. The van der Waals surface area contributed by atoms with Gasteiger partial charge in [-0.05, 0) is 50.9 Å². The molecule has 122 valence electrons. The Morgan fingerprint density at radius 3 is 2.95 bits per heavy atom. The molecule has 0 spiro atoms. The Kier molecular flexibility index (Phi) is 6.61. The van der Waals surface area contributed by atoms with Crippen molar-refractivity contribution < 1.29 is 14.3 Å². The van der Waals surface area contributed by atoms with Crippen molar-refractivity contribution in [3.63, 3.8) is 0 Å². The van der Waals surface area contributed by atoms with Crippen molar-refractivity contribution in [1.29, 1.82) is 0 Å². The van der Waals surface area contributed by atoms with Gasteiger partial charge < -0.3 is 15.7 Å². The van der Waals surface area contributed by atoms with Crippen molar-refractivity contribution >= 4 is 11.7 Å². The molecule has 3 N–H and O–H groups in total. The van der Waals surface area contributed by atoms with Gasteiger partial charge in [-0.2, -0.15) is 0 Å². The number of para-hydroxylation sites is 1. The number of anilines is 1. The standard InChI is InChI=1S/C16H24FN3O2/c17-14-7-1-2-8-15(14)19-16(22)18-9-3-4-10-20-11-5-6-13(20)12-21/h1-2,7-8,13,21H,3-6,9-12H2,(H2,18,19,22). The molecule has 5 nitrogen and oxygen atoms in total. The Labute approximate surface area is 130 Å². The molecule has 1 saturated heterocycles. The van der Waals surface area contributed by atoms with Gasteiger partial charge in [0.1, 0.15) is 5.82 Å². The van der Waals surface area contributed by atoms with Gasteiger partial charge >= 0.3 is 6.03 Å². The van der Waals surface area contributed by atoms with Gasteiger partial charge in [-0.25, -0.2) is 9.18 Å². The molecule has 0 bridgehead atoms. The number of benzene rings is 1. The number of hydrogen-bond donors (Lipinski definition) is 3. The van der Waals surface area contributed by atoms with Crippen LogP contribution in [0.2, 0.25) is 0 Å². The summed E-state index contributed by atoms with van der Waals surface area (Å²) in [4.78, 5) is 14.0. The van der Waals surface area contributed by atoms with Crippen LogP contribution in [-0.4, -0.2) is 48.3 Å².